The molecule has 1 aromatic carbocycles. The lowest BCUT2D eigenvalue weighted by Gasteiger charge is -2.21. The summed E-state index contributed by atoms with van der Waals surface area (Å²) in [5, 5.41) is 0.561. The van der Waals surface area contributed by atoms with Crippen molar-refractivity contribution in [3.05, 3.63) is 23.7 Å². The molecular weight excluding hydrogens is 254 g/mol. The Bertz CT molecular complexity index is 409. The molecule has 100 valence electrons. The smallest absolute Gasteiger partial charge is 0.203 e. The molecule has 0 aliphatic carbocycles. The van der Waals surface area contributed by atoms with E-state index in [9.17, 15) is 0 Å². The van der Waals surface area contributed by atoms with Crippen LogP contribution in [-0.4, -0.2) is 34.9 Å². The summed E-state index contributed by atoms with van der Waals surface area (Å²) < 4.78 is 15.8. The fraction of sp³-hybridized carbons (Fsp3) is 0.385. The Labute approximate surface area is 113 Å². The monoisotopic (exact) mass is 271 g/mol. The van der Waals surface area contributed by atoms with Crippen molar-refractivity contribution in [3.8, 4) is 17.2 Å². The van der Waals surface area contributed by atoms with Gasteiger partial charge in [0.2, 0.25) is 5.75 Å². The van der Waals surface area contributed by atoms with Gasteiger partial charge in [-0.15, -0.1) is 0 Å². The van der Waals surface area contributed by atoms with Crippen molar-refractivity contribution in [3.63, 3.8) is 0 Å². The third kappa shape index (κ3) is 3.23. The first-order chi connectivity index (χ1) is 8.53. The van der Waals surface area contributed by atoms with Crippen molar-refractivity contribution in [1.82, 2.24) is 0 Å². The van der Waals surface area contributed by atoms with Gasteiger partial charge in [0, 0.05) is 29.9 Å². The maximum absolute atomic E-state index is 5.81. The Kier molecular flexibility index (Phi) is 5.16. The van der Waals surface area contributed by atoms with Crippen LogP contribution in [0.1, 0.15) is 0 Å². The zero-order chi connectivity index (χ0) is 13.7. The molecule has 0 aromatic heterocycles. The topological polar surface area (TPSA) is 30.9 Å². The molecule has 0 saturated heterocycles. The third-order valence-corrected chi connectivity index (χ3v) is 2.62. The molecule has 0 aliphatic heterocycles. The Morgan fingerprint density at radius 2 is 1.67 bits per heavy atom. The van der Waals surface area contributed by atoms with E-state index < -0.39 is 0 Å². The summed E-state index contributed by atoms with van der Waals surface area (Å²) in [6, 6.07) is 3.72. The predicted octanol–water partition coefficient (Wildman–Crippen LogP) is 2.90. The number of anilines is 1. The largest absolute Gasteiger partial charge is 0.493 e. The van der Waals surface area contributed by atoms with E-state index in [-0.39, 0.29) is 0 Å². The summed E-state index contributed by atoms with van der Waals surface area (Å²) in [6.07, 6.45) is 0. The summed E-state index contributed by atoms with van der Waals surface area (Å²) in [5.74, 6) is 1.79. The zero-order valence-corrected chi connectivity index (χ0v) is 11.9. The van der Waals surface area contributed by atoms with Crippen molar-refractivity contribution < 1.29 is 14.2 Å². The van der Waals surface area contributed by atoms with Gasteiger partial charge in [-0.3, -0.25) is 0 Å². The third-order valence-electron chi connectivity index (χ3n) is 2.50. The van der Waals surface area contributed by atoms with Crippen molar-refractivity contribution >= 4 is 17.3 Å². The highest BCUT2D eigenvalue weighted by Crippen LogP contribution is 2.40. The van der Waals surface area contributed by atoms with Gasteiger partial charge < -0.3 is 19.1 Å². The lowest BCUT2D eigenvalue weighted by molar-refractivity contribution is 0.324. The molecule has 4 nitrogen and oxygen atoms in total. The number of benzene rings is 1. The average Bonchev–Trinajstić information content (AvgIpc) is 2.35. The van der Waals surface area contributed by atoms with Crippen LogP contribution in [0.2, 0.25) is 0 Å². The number of ether oxygens (including phenoxy) is 3. The van der Waals surface area contributed by atoms with Gasteiger partial charge in [0.15, 0.2) is 11.5 Å². The van der Waals surface area contributed by atoms with Crippen LogP contribution in [0.4, 0.5) is 5.69 Å². The number of hydrogen-bond donors (Lipinski definition) is 0. The first kappa shape index (κ1) is 14.5. The molecule has 0 atom stereocenters. The fourth-order valence-corrected chi connectivity index (χ4v) is 1.82. The SMILES string of the molecule is C=C(Cl)CN(C)c1cc(OC)c(OC)c(OC)c1. The molecule has 0 saturated carbocycles. The van der Waals surface area contributed by atoms with Gasteiger partial charge in [0.1, 0.15) is 0 Å². The minimum atomic E-state index is 0.542. The molecule has 1 rings (SSSR count). The normalized spacial score (nSPS) is 9.83. The highest BCUT2D eigenvalue weighted by molar-refractivity contribution is 6.29. The lowest BCUT2D eigenvalue weighted by atomic mass is 10.2. The summed E-state index contributed by atoms with van der Waals surface area (Å²) in [7, 11) is 6.65. The van der Waals surface area contributed by atoms with Crippen LogP contribution in [0.5, 0.6) is 17.2 Å². The number of nitrogens with zero attached hydrogens (tertiary/aromatic N) is 1. The molecule has 5 heteroatoms. The van der Waals surface area contributed by atoms with Crippen LogP contribution in [0, 0.1) is 0 Å². The highest BCUT2D eigenvalue weighted by Gasteiger charge is 2.15. The second-order valence-corrected chi connectivity index (χ2v) is 4.29. The van der Waals surface area contributed by atoms with E-state index in [0.717, 1.165) is 5.69 Å². The molecule has 1 aromatic rings. The molecule has 0 N–H and O–H groups in total. The second kappa shape index (κ2) is 6.40. The first-order valence-corrected chi connectivity index (χ1v) is 5.75. The molecule has 0 amide bonds. The van der Waals surface area contributed by atoms with Crippen molar-refractivity contribution in [1.29, 1.82) is 0 Å². The molecule has 0 heterocycles. The van der Waals surface area contributed by atoms with Crippen molar-refractivity contribution in [2.45, 2.75) is 0 Å². The van der Waals surface area contributed by atoms with Gasteiger partial charge in [-0.05, 0) is 0 Å². The molecular formula is C13H18ClNO3. The highest BCUT2D eigenvalue weighted by atomic mass is 35.5. The van der Waals surface area contributed by atoms with Crippen LogP contribution in [0.15, 0.2) is 23.7 Å². The summed E-state index contributed by atoms with van der Waals surface area (Å²) in [6.45, 7) is 4.22. The Hall–Kier alpha value is -1.55. The van der Waals surface area contributed by atoms with Crippen LogP contribution >= 0.6 is 11.6 Å². The minimum Gasteiger partial charge on any atom is -0.493 e. The van der Waals surface area contributed by atoms with Crippen LogP contribution in [0.25, 0.3) is 0 Å². The number of likely N-dealkylation sites (N-methyl/N-ethyl adjacent to an activating group) is 1. The van der Waals surface area contributed by atoms with E-state index in [1.54, 1.807) is 21.3 Å². The van der Waals surface area contributed by atoms with Crippen LogP contribution < -0.4 is 19.1 Å². The summed E-state index contributed by atoms with van der Waals surface area (Å²) >= 11 is 5.81. The van der Waals surface area contributed by atoms with Gasteiger partial charge in [-0.2, -0.15) is 0 Å². The average molecular weight is 272 g/mol. The molecule has 0 bridgehead atoms. The van der Waals surface area contributed by atoms with Gasteiger partial charge in [0.05, 0.1) is 27.9 Å². The van der Waals surface area contributed by atoms with Gasteiger partial charge in [-0.1, -0.05) is 18.2 Å². The van der Waals surface area contributed by atoms with E-state index >= 15 is 0 Å². The fourth-order valence-electron chi connectivity index (χ4n) is 1.64. The number of rotatable bonds is 6. The number of halogens is 1. The quantitative estimate of drug-likeness (QED) is 0.796. The molecule has 0 fully saturated rings. The van der Waals surface area contributed by atoms with Gasteiger partial charge >= 0.3 is 0 Å². The van der Waals surface area contributed by atoms with Crippen LogP contribution in [0.3, 0.4) is 0 Å². The Morgan fingerprint density at radius 3 is 2.00 bits per heavy atom. The van der Waals surface area contributed by atoms with E-state index in [4.69, 9.17) is 25.8 Å². The Balaban J connectivity index is 3.18. The summed E-state index contributed by atoms with van der Waals surface area (Å²) in [4.78, 5) is 1.94. The molecule has 0 spiro atoms. The lowest BCUT2D eigenvalue weighted by Crippen LogP contribution is -2.18. The maximum atomic E-state index is 5.81. The van der Waals surface area contributed by atoms with E-state index in [0.29, 0.717) is 28.8 Å². The number of methoxy groups -OCH3 is 3. The minimum absolute atomic E-state index is 0.542. The van der Waals surface area contributed by atoms with Gasteiger partial charge in [0.25, 0.3) is 0 Å². The predicted molar refractivity (Wildman–Crippen MR) is 74.4 cm³/mol. The van der Waals surface area contributed by atoms with E-state index in [1.165, 1.54) is 0 Å². The molecule has 0 radical (unpaired) electrons. The van der Waals surface area contributed by atoms with Crippen LogP contribution in [-0.2, 0) is 0 Å². The first-order valence-electron chi connectivity index (χ1n) is 5.37. The number of hydrogen-bond acceptors (Lipinski definition) is 4. The molecule has 0 aliphatic rings. The van der Waals surface area contributed by atoms with E-state index in [1.807, 2.05) is 24.1 Å². The molecule has 18 heavy (non-hydrogen) atoms. The van der Waals surface area contributed by atoms with Crippen molar-refractivity contribution in [2.75, 3.05) is 39.8 Å². The van der Waals surface area contributed by atoms with Gasteiger partial charge in [-0.25, -0.2) is 0 Å². The zero-order valence-electron chi connectivity index (χ0n) is 11.1. The molecule has 0 unspecified atom stereocenters. The van der Waals surface area contributed by atoms with E-state index in [2.05, 4.69) is 6.58 Å². The summed E-state index contributed by atoms with van der Waals surface area (Å²) in [5.41, 5.74) is 0.909. The standard InChI is InChI=1S/C13H18ClNO3/c1-9(14)8-15(2)10-6-11(16-3)13(18-5)12(7-10)17-4/h6-7H,1,8H2,2-5H3. The van der Waals surface area contributed by atoms with Crippen molar-refractivity contribution in [2.24, 2.45) is 0 Å². The second-order valence-electron chi connectivity index (χ2n) is 3.76. The maximum Gasteiger partial charge on any atom is 0.203 e. The Morgan fingerprint density at radius 1 is 1.17 bits per heavy atom.